The Morgan fingerprint density at radius 3 is 2.35 bits per heavy atom. The zero-order valence-corrected chi connectivity index (χ0v) is 15.1. The SMILES string of the molecule is CCC(CC)(CCCl)N1CCC(NC(=O)c2ccccc2)CC1. The monoisotopic (exact) mass is 336 g/mol. The summed E-state index contributed by atoms with van der Waals surface area (Å²) in [6, 6.07) is 9.75. The van der Waals surface area contributed by atoms with Crippen LogP contribution in [0.15, 0.2) is 30.3 Å². The van der Waals surface area contributed by atoms with Crippen molar-refractivity contribution in [1.29, 1.82) is 0 Å². The van der Waals surface area contributed by atoms with Crippen LogP contribution in [0.2, 0.25) is 0 Å². The van der Waals surface area contributed by atoms with E-state index in [1.165, 1.54) is 0 Å². The second-order valence-electron chi connectivity index (χ2n) is 6.47. The summed E-state index contributed by atoms with van der Waals surface area (Å²) in [5, 5.41) is 3.18. The Hall–Kier alpha value is -1.06. The number of hydrogen-bond donors (Lipinski definition) is 1. The number of benzene rings is 1. The predicted octanol–water partition coefficient (Wildman–Crippen LogP) is 4.07. The van der Waals surface area contributed by atoms with E-state index in [1.54, 1.807) is 0 Å². The topological polar surface area (TPSA) is 32.3 Å². The quantitative estimate of drug-likeness (QED) is 0.761. The second kappa shape index (κ2) is 8.70. The number of nitrogens with one attached hydrogen (secondary N) is 1. The molecule has 2 rings (SSSR count). The van der Waals surface area contributed by atoms with Gasteiger partial charge in [-0.15, -0.1) is 11.6 Å². The Bertz CT molecular complexity index is 479. The van der Waals surface area contributed by atoms with Crippen LogP contribution in [0.5, 0.6) is 0 Å². The minimum atomic E-state index is 0.0436. The normalized spacial score (nSPS) is 17.2. The molecule has 128 valence electrons. The van der Waals surface area contributed by atoms with Crippen molar-refractivity contribution in [1.82, 2.24) is 10.2 Å². The van der Waals surface area contributed by atoms with E-state index < -0.39 is 0 Å². The van der Waals surface area contributed by atoms with Crippen LogP contribution < -0.4 is 5.32 Å². The molecule has 4 heteroatoms. The number of nitrogens with zero attached hydrogens (tertiary/aromatic N) is 1. The smallest absolute Gasteiger partial charge is 0.251 e. The van der Waals surface area contributed by atoms with Crippen molar-refractivity contribution in [2.75, 3.05) is 19.0 Å². The molecule has 1 N–H and O–H groups in total. The van der Waals surface area contributed by atoms with Crippen LogP contribution in [0.4, 0.5) is 0 Å². The van der Waals surface area contributed by atoms with E-state index in [1.807, 2.05) is 30.3 Å². The fraction of sp³-hybridized carbons (Fsp3) is 0.632. The van der Waals surface area contributed by atoms with Crippen LogP contribution in [0.3, 0.4) is 0 Å². The molecule has 0 unspecified atom stereocenters. The highest BCUT2D eigenvalue weighted by Crippen LogP contribution is 2.31. The van der Waals surface area contributed by atoms with Gasteiger partial charge in [0.1, 0.15) is 0 Å². The predicted molar refractivity (Wildman–Crippen MR) is 97.2 cm³/mol. The van der Waals surface area contributed by atoms with Gasteiger partial charge in [0.2, 0.25) is 0 Å². The maximum absolute atomic E-state index is 12.3. The molecule has 1 fully saturated rings. The third-order valence-electron chi connectivity index (χ3n) is 5.41. The molecule has 1 aromatic rings. The van der Waals surface area contributed by atoms with Gasteiger partial charge in [-0.1, -0.05) is 32.0 Å². The van der Waals surface area contributed by atoms with Crippen molar-refractivity contribution in [3.63, 3.8) is 0 Å². The van der Waals surface area contributed by atoms with Crippen molar-refractivity contribution in [2.45, 2.75) is 57.5 Å². The van der Waals surface area contributed by atoms with Crippen molar-refractivity contribution >= 4 is 17.5 Å². The van der Waals surface area contributed by atoms with Gasteiger partial charge in [-0.2, -0.15) is 0 Å². The minimum Gasteiger partial charge on any atom is -0.349 e. The van der Waals surface area contributed by atoms with Crippen LogP contribution in [-0.2, 0) is 0 Å². The van der Waals surface area contributed by atoms with Crippen LogP contribution in [0, 0.1) is 0 Å². The molecule has 1 heterocycles. The first-order chi connectivity index (χ1) is 11.1. The van der Waals surface area contributed by atoms with E-state index in [2.05, 4.69) is 24.1 Å². The zero-order chi connectivity index (χ0) is 16.7. The van der Waals surface area contributed by atoms with Gasteiger partial charge in [-0.3, -0.25) is 9.69 Å². The maximum atomic E-state index is 12.3. The first-order valence-electron chi connectivity index (χ1n) is 8.82. The fourth-order valence-corrected chi connectivity index (χ4v) is 4.09. The molecule has 0 saturated carbocycles. The molecule has 0 aromatic heterocycles. The average molecular weight is 337 g/mol. The summed E-state index contributed by atoms with van der Waals surface area (Å²) in [6.07, 6.45) is 5.35. The molecule has 23 heavy (non-hydrogen) atoms. The lowest BCUT2D eigenvalue weighted by atomic mass is 9.85. The summed E-state index contributed by atoms with van der Waals surface area (Å²) < 4.78 is 0. The second-order valence-corrected chi connectivity index (χ2v) is 6.85. The molecule has 1 saturated heterocycles. The lowest BCUT2D eigenvalue weighted by molar-refractivity contribution is 0.0449. The van der Waals surface area contributed by atoms with Crippen LogP contribution in [0.1, 0.15) is 56.3 Å². The Kier molecular flexibility index (Phi) is 6.91. The van der Waals surface area contributed by atoms with Crippen molar-refractivity contribution in [3.05, 3.63) is 35.9 Å². The van der Waals surface area contributed by atoms with E-state index in [-0.39, 0.29) is 17.5 Å². The molecule has 1 aromatic carbocycles. The molecule has 0 aliphatic carbocycles. The molecule has 1 amide bonds. The van der Waals surface area contributed by atoms with Crippen LogP contribution in [-0.4, -0.2) is 41.4 Å². The highest BCUT2D eigenvalue weighted by atomic mass is 35.5. The first kappa shape index (κ1) is 18.3. The van der Waals surface area contributed by atoms with Gasteiger partial charge in [0.15, 0.2) is 0 Å². The van der Waals surface area contributed by atoms with Gasteiger partial charge in [-0.05, 0) is 44.2 Å². The van der Waals surface area contributed by atoms with Crippen LogP contribution in [0.25, 0.3) is 0 Å². The van der Waals surface area contributed by atoms with Crippen molar-refractivity contribution in [2.24, 2.45) is 0 Å². The number of rotatable bonds is 7. The number of piperidine rings is 1. The lowest BCUT2D eigenvalue weighted by Gasteiger charge is -2.46. The zero-order valence-electron chi connectivity index (χ0n) is 14.4. The molecular weight excluding hydrogens is 308 g/mol. The number of halogens is 1. The Morgan fingerprint density at radius 1 is 1.22 bits per heavy atom. The molecule has 0 radical (unpaired) electrons. The number of carbonyl (C=O) groups is 1. The number of alkyl halides is 1. The third kappa shape index (κ3) is 4.48. The first-order valence-corrected chi connectivity index (χ1v) is 9.35. The van der Waals surface area contributed by atoms with Crippen LogP contribution >= 0.6 is 11.6 Å². The van der Waals surface area contributed by atoms with Gasteiger partial charge in [-0.25, -0.2) is 0 Å². The minimum absolute atomic E-state index is 0.0436. The summed E-state index contributed by atoms with van der Waals surface area (Å²) in [5.74, 6) is 0.758. The third-order valence-corrected chi connectivity index (χ3v) is 5.60. The van der Waals surface area contributed by atoms with Gasteiger partial charge in [0.05, 0.1) is 0 Å². The molecular formula is C19H29ClN2O. The van der Waals surface area contributed by atoms with E-state index in [9.17, 15) is 4.79 Å². The maximum Gasteiger partial charge on any atom is 0.251 e. The standard InChI is InChI=1S/C19H29ClN2O/c1-3-19(4-2,12-13-20)22-14-10-17(11-15-22)21-18(23)16-8-6-5-7-9-16/h5-9,17H,3-4,10-15H2,1-2H3,(H,21,23). The van der Waals surface area contributed by atoms with Gasteiger partial charge < -0.3 is 5.32 Å². The summed E-state index contributed by atoms with van der Waals surface area (Å²) in [5.41, 5.74) is 0.976. The molecule has 3 nitrogen and oxygen atoms in total. The Balaban J connectivity index is 1.89. The van der Waals surface area contributed by atoms with E-state index in [0.717, 1.165) is 50.8 Å². The van der Waals surface area contributed by atoms with Gasteiger partial charge >= 0.3 is 0 Å². The molecule has 1 aliphatic rings. The number of hydrogen-bond acceptors (Lipinski definition) is 2. The highest BCUT2D eigenvalue weighted by molar-refractivity contribution is 6.17. The molecule has 0 spiro atoms. The van der Waals surface area contributed by atoms with Crippen molar-refractivity contribution in [3.8, 4) is 0 Å². The summed E-state index contributed by atoms with van der Waals surface area (Å²) in [4.78, 5) is 14.9. The molecule has 0 bridgehead atoms. The van der Waals surface area contributed by atoms with Crippen molar-refractivity contribution < 1.29 is 4.79 Å². The van der Waals surface area contributed by atoms with E-state index in [0.29, 0.717) is 5.88 Å². The van der Waals surface area contributed by atoms with E-state index >= 15 is 0 Å². The number of likely N-dealkylation sites (tertiary alicyclic amines) is 1. The molecule has 1 aliphatic heterocycles. The average Bonchev–Trinajstić information content (AvgIpc) is 2.61. The van der Waals surface area contributed by atoms with Gasteiger partial charge in [0, 0.05) is 36.1 Å². The summed E-state index contributed by atoms with van der Waals surface area (Å²) in [6.45, 7) is 6.61. The van der Waals surface area contributed by atoms with E-state index in [4.69, 9.17) is 11.6 Å². The summed E-state index contributed by atoms with van der Waals surface area (Å²) >= 11 is 6.04. The number of amides is 1. The van der Waals surface area contributed by atoms with Gasteiger partial charge in [0.25, 0.3) is 5.91 Å². The Morgan fingerprint density at radius 2 is 1.83 bits per heavy atom. The summed E-state index contributed by atoms with van der Waals surface area (Å²) in [7, 11) is 0. The fourth-order valence-electron chi connectivity index (χ4n) is 3.74. The lowest BCUT2D eigenvalue weighted by Crippen LogP contribution is -2.54. The largest absolute Gasteiger partial charge is 0.349 e. The highest BCUT2D eigenvalue weighted by Gasteiger charge is 2.35. The molecule has 0 atom stereocenters. The Labute approximate surface area is 145 Å². The number of carbonyl (C=O) groups excluding carboxylic acids is 1.